The van der Waals surface area contributed by atoms with Crippen LogP contribution in [0.25, 0.3) is 11.8 Å². The smallest absolute Gasteiger partial charge is 0.130 e. The predicted octanol–water partition coefficient (Wildman–Crippen LogP) is 2.20. The lowest BCUT2D eigenvalue weighted by molar-refractivity contribution is 0.507. The summed E-state index contributed by atoms with van der Waals surface area (Å²) < 4.78 is 0. The van der Waals surface area contributed by atoms with Gasteiger partial charge in [-0.25, -0.2) is 0 Å². The van der Waals surface area contributed by atoms with Crippen molar-refractivity contribution in [3.63, 3.8) is 0 Å². The third-order valence-electron chi connectivity index (χ3n) is 2.57. The molecule has 0 aliphatic carbocycles. The van der Waals surface area contributed by atoms with Crippen molar-refractivity contribution in [1.82, 2.24) is 0 Å². The van der Waals surface area contributed by atoms with Gasteiger partial charge in [0.2, 0.25) is 0 Å². The molecule has 0 aliphatic rings. The number of benzene rings is 2. The molecular weight excluding hydrogens is 196 g/mol. The monoisotopic (exact) mass is 210 g/mol. The Bertz CT molecular complexity index is 582. The quantitative estimate of drug-likeness (QED) is 0.765. The molecule has 2 aromatic rings. The van der Waals surface area contributed by atoms with Crippen molar-refractivity contribution < 1.29 is 5.11 Å². The third kappa shape index (κ3) is 1.98. The highest BCUT2D eigenvalue weighted by Gasteiger charge is 1.98. The van der Waals surface area contributed by atoms with Crippen LogP contribution in [0, 0.1) is 0 Å². The fourth-order valence-corrected chi connectivity index (χ4v) is 1.72. The molecule has 0 heterocycles. The van der Waals surface area contributed by atoms with E-state index in [-0.39, 0.29) is 0 Å². The van der Waals surface area contributed by atoms with Crippen molar-refractivity contribution in [1.29, 1.82) is 0 Å². The van der Waals surface area contributed by atoms with Crippen LogP contribution in [0.2, 0.25) is 0 Å². The fraction of sp³-hybridized carbons (Fsp3) is 0.0667. The summed E-state index contributed by atoms with van der Waals surface area (Å²) in [5, 5.41) is 12.1. The summed E-state index contributed by atoms with van der Waals surface area (Å²) in [5.41, 5.74) is 0.844. The highest BCUT2D eigenvalue weighted by molar-refractivity contribution is 5.58. The Labute approximate surface area is 95.0 Å². The van der Waals surface area contributed by atoms with Crippen LogP contribution in [-0.4, -0.2) is 5.11 Å². The molecule has 0 aromatic heterocycles. The van der Waals surface area contributed by atoms with Crippen LogP contribution < -0.4 is 10.4 Å². The van der Waals surface area contributed by atoms with Gasteiger partial charge >= 0.3 is 0 Å². The van der Waals surface area contributed by atoms with E-state index in [9.17, 15) is 5.11 Å². The Morgan fingerprint density at radius 1 is 0.938 bits per heavy atom. The minimum absolute atomic E-state index is 0.328. The Morgan fingerprint density at radius 3 is 2.25 bits per heavy atom. The number of rotatable bonds is 1. The van der Waals surface area contributed by atoms with Crippen molar-refractivity contribution in [3.05, 3.63) is 70.6 Å². The number of aliphatic hydroxyl groups is 1. The van der Waals surface area contributed by atoms with Crippen LogP contribution in [0.3, 0.4) is 0 Å². The first kappa shape index (κ1) is 10.5. The molecule has 0 saturated carbocycles. The minimum atomic E-state index is 0.328. The normalized spacial score (nSPS) is 13.7. The predicted molar refractivity (Wildman–Crippen MR) is 67.4 cm³/mol. The van der Waals surface area contributed by atoms with E-state index >= 15 is 0 Å². The molecule has 0 saturated heterocycles. The molecule has 0 aliphatic heterocycles. The lowest BCUT2D eigenvalue weighted by Crippen LogP contribution is -2.26. The summed E-state index contributed by atoms with van der Waals surface area (Å²) in [4.78, 5) is 0. The van der Waals surface area contributed by atoms with E-state index in [0.29, 0.717) is 5.76 Å². The Balaban J connectivity index is 2.75. The van der Waals surface area contributed by atoms with Crippen LogP contribution in [0.1, 0.15) is 12.5 Å². The molecule has 0 fully saturated rings. The molecule has 2 aromatic carbocycles. The molecule has 2 rings (SSSR count). The van der Waals surface area contributed by atoms with Crippen LogP contribution in [-0.2, 0) is 0 Å². The van der Waals surface area contributed by atoms with Crippen LogP contribution in [0.5, 0.6) is 0 Å². The lowest BCUT2D eigenvalue weighted by Gasteiger charge is -2.00. The molecule has 0 amide bonds. The van der Waals surface area contributed by atoms with Gasteiger partial charge in [-0.3, -0.25) is 0 Å². The number of aliphatic hydroxyl groups excluding tert-OH is 1. The van der Waals surface area contributed by atoms with Gasteiger partial charge in [0.15, 0.2) is 0 Å². The van der Waals surface area contributed by atoms with Crippen molar-refractivity contribution in [2.75, 3.05) is 0 Å². The van der Waals surface area contributed by atoms with E-state index in [1.165, 1.54) is 0 Å². The average Bonchev–Trinajstić information content (AvgIpc) is 2.39. The zero-order chi connectivity index (χ0) is 11.4. The van der Waals surface area contributed by atoms with Crippen LogP contribution >= 0.6 is 0 Å². The first-order valence-corrected chi connectivity index (χ1v) is 5.33. The Morgan fingerprint density at radius 2 is 1.56 bits per heavy atom. The molecule has 0 unspecified atom stereocenters. The standard InChI is InChI=1S/C15H14O/c1-2-12-8-6-7-11-14(12)15(16)13-9-4-3-5-10-13/h2-11,16H,1H3/b12-2+,15-14-. The molecule has 0 spiro atoms. The number of hydrogen-bond donors (Lipinski definition) is 1. The summed E-state index contributed by atoms with van der Waals surface area (Å²) >= 11 is 0. The summed E-state index contributed by atoms with van der Waals surface area (Å²) in [6.45, 7) is 1.97. The first-order chi connectivity index (χ1) is 7.83. The first-order valence-electron chi connectivity index (χ1n) is 5.33. The van der Waals surface area contributed by atoms with Gasteiger partial charge in [0.05, 0.1) is 0 Å². The highest BCUT2D eigenvalue weighted by Crippen LogP contribution is 2.05. The SMILES string of the molecule is C/C=c1\cccc\c1=C(\O)c1ccccc1. The molecule has 16 heavy (non-hydrogen) atoms. The van der Waals surface area contributed by atoms with E-state index in [4.69, 9.17) is 0 Å². The van der Waals surface area contributed by atoms with E-state index in [1.807, 2.05) is 67.6 Å². The van der Waals surface area contributed by atoms with Gasteiger partial charge in [-0.05, 0) is 12.1 Å². The molecule has 1 heteroatoms. The third-order valence-corrected chi connectivity index (χ3v) is 2.57. The van der Waals surface area contributed by atoms with Crippen molar-refractivity contribution in [2.45, 2.75) is 6.92 Å². The van der Waals surface area contributed by atoms with Crippen LogP contribution in [0.4, 0.5) is 0 Å². The van der Waals surface area contributed by atoms with Gasteiger partial charge < -0.3 is 5.11 Å². The van der Waals surface area contributed by atoms with Gasteiger partial charge in [-0.15, -0.1) is 0 Å². The second-order valence-corrected chi connectivity index (χ2v) is 3.59. The van der Waals surface area contributed by atoms with E-state index in [0.717, 1.165) is 16.0 Å². The Kier molecular flexibility index (Phi) is 3.06. The zero-order valence-corrected chi connectivity index (χ0v) is 9.22. The molecule has 0 radical (unpaired) electrons. The Hall–Kier alpha value is -2.02. The molecule has 1 nitrogen and oxygen atoms in total. The second-order valence-electron chi connectivity index (χ2n) is 3.59. The van der Waals surface area contributed by atoms with E-state index in [2.05, 4.69) is 0 Å². The lowest BCUT2D eigenvalue weighted by atomic mass is 10.1. The maximum Gasteiger partial charge on any atom is 0.130 e. The van der Waals surface area contributed by atoms with E-state index in [1.54, 1.807) is 0 Å². The summed E-state index contributed by atoms with van der Waals surface area (Å²) in [5.74, 6) is 0.328. The second kappa shape index (κ2) is 4.67. The van der Waals surface area contributed by atoms with Crippen LogP contribution in [0.15, 0.2) is 54.6 Å². The molecule has 0 bridgehead atoms. The summed E-state index contributed by atoms with van der Waals surface area (Å²) in [6.07, 6.45) is 1.99. The van der Waals surface area contributed by atoms with Crippen molar-refractivity contribution >= 4 is 11.8 Å². The topological polar surface area (TPSA) is 20.2 Å². The summed E-state index contributed by atoms with van der Waals surface area (Å²) in [6, 6.07) is 17.4. The molecular formula is C15H14O. The average molecular weight is 210 g/mol. The van der Waals surface area contributed by atoms with E-state index < -0.39 is 0 Å². The van der Waals surface area contributed by atoms with Crippen molar-refractivity contribution in [2.24, 2.45) is 0 Å². The summed E-state index contributed by atoms with van der Waals surface area (Å²) in [7, 11) is 0. The van der Waals surface area contributed by atoms with Gasteiger partial charge in [-0.2, -0.15) is 0 Å². The van der Waals surface area contributed by atoms with Gasteiger partial charge in [0.25, 0.3) is 0 Å². The largest absolute Gasteiger partial charge is 0.507 e. The van der Waals surface area contributed by atoms with Gasteiger partial charge in [0, 0.05) is 10.8 Å². The minimum Gasteiger partial charge on any atom is -0.507 e. The van der Waals surface area contributed by atoms with Gasteiger partial charge in [-0.1, -0.05) is 60.7 Å². The van der Waals surface area contributed by atoms with Crippen molar-refractivity contribution in [3.8, 4) is 0 Å². The highest BCUT2D eigenvalue weighted by atomic mass is 16.3. The number of hydrogen-bond acceptors (Lipinski definition) is 1. The zero-order valence-electron chi connectivity index (χ0n) is 9.22. The fourth-order valence-electron chi connectivity index (χ4n) is 1.72. The maximum atomic E-state index is 10.2. The van der Waals surface area contributed by atoms with Gasteiger partial charge in [0.1, 0.15) is 5.76 Å². The molecule has 0 atom stereocenters. The molecule has 1 N–H and O–H groups in total. The maximum absolute atomic E-state index is 10.2. The molecule has 80 valence electrons.